The Morgan fingerprint density at radius 1 is 1.22 bits per heavy atom. The molecule has 1 heterocycles. The van der Waals surface area contributed by atoms with E-state index in [1.807, 2.05) is 0 Å². The third kappa shape index (κ3) is 3.23. The predicted octanol–water partition coefficient (Wildman–Crippen LogP) is 1.06. The van der Waals surface area contributed by atoms with Crippen LogP contribution in [-0.4, -0.2) is 55.0 Å². The molecule has 3 unspecified atom stereocenters. The highest BCUT2D eigenvalue weighted by atomic mass is 16.2. The number of carbonyl (C=O) groups is 1. The van der Waals surface area contributed by atoms with Gasteiger partial charge in [0.2, 0.25) is 5.91 Å². The van der Waals surface area contributed by atoms with Gasteiger partial charge >= 0.3 is 0 Å². The minimum Gasteiger partial charge on any atom is -0.341 e. The zero-order valence-corrected chi connectivity index (χ0v) is 11.8. The molecule has 0 spiro atoms. The number of piperidine rings is 1. The molecule has 2 N–H and O–H groups in total. The summed E-state index contributed by atoms with van der Waals surface area (Å²) in [5.74, 6) is 0.548. The zero-order valence-electron chi connectivity index (χ0n) is 11.8. The van der Waals surface area contributed by atoms with E-state index in [9.17, 15) is 4.79 Å². The second kappa shape index (κ2) is 6.02. The third-order valence-electron chi connectivity index (χ3n) is 4.50. The predicted molar refractivity (Wildman–Crippen MR) is 73.2 cm³/mol. The number of rotatable bonds is 2. The Bertz CT molecular complexity index is 293. The first-order valence-corrected chi connectivity index (χ1v) is 7.28. The van der Waals surface area contributed by atoms with Crippen LogP contribution in [0.3, 0.4) is 0 Å². The highest BCUT2D eigenvalue weighted by molar-refractivity contribution is 5.79. The number of likely N-dealkylation sites (tertiary alicyclic amines) is 1. The van der Waals surface area contributed by atoms with Crippen molar-refractivity contribution in [2.24, 2.45) is 11.7 Å². The number of amides is 1. The van der Waals surface area contributed by atoms with Crippen molar-refractivity contribution in [1.29, 1.82) is 0 Å². The summed E-state index contributed by atoms with van der Waals surface area (Å²) in [6.45, 7) is 1.84. The Morgan fingerprint density at radius 2 is 2.00 bits per heavy atom. The number of nitrogens with zero attached hydrogens (tertiary/aromatic N) is 2. The summed E-state index contributed by atoms with van der Waals surface area (Å²) in [6, 6.07) is 0.766. The Balaban J connectivity index is 1.91. The van der Waals surface area contributed by atoms with Gasteiger partial charge in [0.15, 0.2) is 0 Å². The Kier molecular flexibility index (Phi) is 4.62. The van der Waals surface area contributed by atoms with Crippen molar-refractivity contribution in [1.82, 2.24) is 9.80 Å². The van der Waals surface area contributed by atoms with Crippen LogP contribution in [-0.2, 0) is 4.79 Å². The molecule has 0 bridgehead atoms. The van der Waals surface area contributed by atoms with Gasteiger partial charge in [-0.2, -0.15) is 0 Å². The fourth-order valence-electron chi connectivity index (χ4n) is 3.29. The maximum atomic E-state index is 12.5. The number of carbonyl (C=O) groups excluding carboxylic acids is 1. The Morgan fingerprint density at radius 3 is 2.67 bits per heavy atom. The van der Waals surface area contributed by atoms with E-state index in [0.29, 0.717) is 11.9 Å². The largest absolute Gasteiger partial charge is 0.341 e. The van der Waals surface area contributed by atoms with Crippen LogP contribution in [0.2, 0.25) is 0 Å². The molecule has 1 saturated carbocycles. The molecule has 4 heteroatoms. The van der Waals surface area contributed by atoms with E-state index in [2.05, 4.69) is 23.9 Å². The van der Waals surface area contributed by atoms with E-state index in [4.69, 9.17) is 5.73 Å². The van der Waals surface area contributed by atoms with Crippen molar-refractivity contribution in [2.45, 2.75) is 50.6 Å². The van der Waals surface area contributed by atoms with Gasteiger partial charge < -0.3 is 15.5 Å². The smallest absolute Gasteiger partial charge is 0.225 e. The van der Waals surface area contributed by atoms with Gasteiger partial charge in [0.1, 0.15) is 0 Å². The van der Waals surface area contributed by atoms with Gasteiger partial charge in [-0.25, -0.2) is 0 Å². The summed E-state index contributed by atoms with van der Waals surface area (Å²) in [7, 11) is 4.21. The first-order chi connectivity index (χ1) is 8.58. The molecule has 0 aromatic carbocycles. The number of nitrogens with two attached hydrogens (primary N) is 1. The molecule has 2 fully saturated rings. The summed E-state index contributed by atoms with van der Waals surface area (Å²) in [5, 5.41) is 0. The molecule has 1 aliphatic heterocycles. The third-order valence-corrected chi connectivity index (χ3v) is 4.50. The number of hydrogen-bond donors (Lipinski definition) is 1. The monoisotopic (exact) mass is 253 g/mol. The minimum absolute atomic E-state index is 0.190. The van der Waals surface area contributed by atoms with Crippen LogP contribution in [0.5, 0.6) is 0 Å². The Labute approximate surface area is 110 Å². The molecule has 1 saturated heterocycles. The fraction of sp³-hybridized carbons (Fsp3) is 0.929. The highest BCUT2D eigenvalue weighted by Gasteiger charge is 2.31. The van der Waals surface area contributed by atoms with E-state index in [-0.39, 0.29) is 12.0 Å². The van der Waals surface area contributed by atoms with Crippen molar-refractivity contribution < 1.29 is 4.79 Å². The summed E-state index contributed by atoms with van der Waals surface area (Å²) in [4.78, 5) is 16.8. The van der Waals surface area contributed by atoms with Gasteiger partial charge in [-0.1, -0.05) is 6.42 Å². The molecular weight excluding hydrogens is 226 g/mol. The van der Waals surface area contributed by atoms with Gasteiger partial charge in [-0.3, -0.25) is 4.79 Å². The van der Waals surface area contributed by atoms with Crippen LogP contribution in [0.15, 0.2) is 0 Å². The first kappa shape index (κ1) is 13.8. The molecule has 104 valence electrons. The standard InChI is InChI=1S/C14H27N3O/c1-16(2)13-7-4-8-17(10-13)14(18)11-5-3-6-12(15)9-11/h11-13H,3-10,15H2,1-2H3. The second-order valence-corrected chi connectivity index (χ2v) is 6.17. The number of likely N-dealkylation sites (N-methyl/N-ethyl adjacent to an activating group) is 1. The van der Waals surface area contributed by atoms with Gasteiger partial charge in [0, 0.05) is 31.1 Å². The fourth-order valence-corrected chi connectivity index (χ4v) is 3.29. The average molecular weight is 253 g/mol. The van der Waals surface area contributed by atoms with Crippen molar-refractivity contribution in [3.63, 3.8) is 0 Å². The highest BCUT2D eigenvalue weighted by Crippen LogP contribution is 2.26. The first-order valence-electron chi connectivity index (χ1n) is 7.28. The van der Waals surface area contributed by atoms with Crippen molar-refractivity contribution in [2.75, 3.05) is 27.2 Å². The van der Waals surface area contributed by atoms with Crippen LogP contribution < -0.4 is 5.73 Å². The second-order valence-electron chi connectivity index (χ2n) is 6.17. The summed E-state index contributed by atoms with van der Waals surface area (Å²) in [5.41, 5.74) is 5.99. The minimum atomic E-state index is 0.190. The molecule has 0 aromatic heterocycles. The quantitative estimate of drug-likeness (QED) is 0.800. The molecule has 3 atom stereocenters. The van der Waals surface area contributed by atoms with Crippen LogP contribution in [0.1, 0.15) is 38.5 Å². The van der Waals surface area contributed by atoms with E-state index in [0.717, 1.165) is 45.2 Å². The summed E-state index contributed by atoms with van der Waals surface area (Å²) < 4.78 is 0. The molecule has 0 aromatic rings. The molecule has 2 aliphatic rings. The summed E-state index contributed by atoms with van der Waals surface area (Å²) >= 11 is 0. The summed E-state index contributed by atoms with van der Waals surface area (Å²) in [6.07, 6.45) is 6.47. The maximum absolute atomic E-state index is 12.5. The lowest BCUT2D eigenvalue weighted by Gasteiger charge is -2.38. The van der Waals surface area contributed by atoms with Crippen LogP contribution in [0.4, 0.5) is 0 Å². The van der Waals surface area contributed by atoms with E-state index in [1.165, 1.54) is 6.42 Å². The lowest BCUT2D eigenvalue weighted by Crippen LogP contribution is -2.50. The molecule has 1 amide bonds. The molecule has 18 heavy (non-hydrogen) atoms. The van der Waals surface area contributed by atoms with Crippen LogP contribution in [0, 0.1) is 5.92 Å². The molecule has 0 radical (unpaired) electrons. The van der Waals surface area contributed by atoms with Gasteiger partial charge in [0.05, 0.1) is 0 Å². The normalized spacial score (nSPS) is 33.8. The van der Waals surface area contributed by atoms with E-state index < -0.39 is 0 Å². The van der Waals surface area contributed by atoms with Crippen molar-refractivity contribution >= 4 is 5.91 Å². The average Bonchev–Trinajstić information content (AvgIpc) is 2.38. The zero-order chi connectivity index (χ0) is 13.1. The molecule has 2 rings (SSSR count). The maximum Gasteiger partial charge on any atom is 0.225 e. The SMILES string of the molecule is CN(C)C1CCCN(C(=O)C2CCCC(N)C2)C1. The van der Waals surface area contributed by atoms with Gasteiger partial charge in [0.25, 0.3) is 0 Å². The Hall–Kier alpha value is -0.610. The van der Waals surface area contributed by atoms with Gasteiger partial charge in [-0.05, 0) is 46.2 Å². The lowest BCUT2D eigenvalue weighted by molar-refractivity contribution is -0.138. The van der Waals surface area contributed by atoms with Crippen molar-refractivity contribution in [3.05, 3.63) is 0 Å². The van der Waals surface area contributed by atoms with Crippen LogP contribution in [0.25, 0.3) is 0 Å². The molecule has 4 nitrogen and oxygen atoms in total. The number of hydrogen-bond acceptors (Lipinski definition) is 3. The van der Waals surface area contributed by atoms with Gasteiger partial charge in [-0.15, -0.1) is 0 Å². The van der Waals surface area contributed by atoms with Crippen molar-refractivity contribution in [3.8, 4) is 0 Å². The van der Waals surface area contributed by atoms with E-state index >= 15 is 0 Å². The van der Waals surface area contributed by atoms with Crippen LogP contribution >= 0.6 is 0 Å². The molecular formula is C14H27N3O. The lowest BCUT2D eigenvalue weighted by atomic mass is 9.85. The van der Waals surface area contributed by atoms with E-state index in [1.54, 1.807) is 0 Å². The topological polar surface area (TPSA) is 49.6 Å². The molecule has 1 aliphatic carbocycles.